The monoisotopic (exact) mass is 362 g/mol. The van der Waals surface area contributed by atoms with Gasteiger partial charge in [-0.2, -0.15) is 0 Å². The Hall–Kier alpha value is -1.43. The summed E-state index contributed by atoms with van der Waals surface area (Å²) in [6.45, 7) is 8.97. The molecule has 0 saturated carbocycles. The molecule has 0 aliphatic heterocycles. The van der Waals surface area contributed by atoms with Crippen molar-refractivity contribution >= 4 is 14.3 Å². The molecule has 0 aromatic heterocycles. The van der Waals surface area contributed by atoms with Gasteiger partial charge in [0.05, 0.1) is 31.8 Å². The fourth-order valence-electron chi connectivity index (χ4n) is 3.25. The molecule has 0 radical (unpaired) electrons. The van der Waals surface area contributed by atoms with Crippen molar-refractivity contribution in [3.63, 3.8) is 0 Å². The van der Waals surface area contributed by atoms with Gasteiger partial charge >= 0.3 is 5.97 Å². The van der Waals surface area contributed by atoms with Crippen LogP contribution >= 0.6 is 0 Å². The van der Waals surface area contributed by atoms with Crippen LogP contribution in [-0.4, -0.2) is 33.6 Å². The summed E-state index contributed by atoms with van der Waals surface area (Å²) in [4.78, 5) is 12.5. The van der Waals surface area contributed by atoms with Crippen molar-refractivity contribution in [2.24, 2.45) is 11.8 Å². The van der Waals surface area contributed by atoms with E-state index < -0.39 is 8.32 Å². The molecule has 0 unspecified atom stereocenters. The largest absolute Gasteiger partial charge is 0.469 e. The van der Waals surface area contributed by atoms with Crippen molar-refractivity contribution in [2.45, 2.75) is 51.8 Å². The molecule has 0 amide bonds. The highest BCUT2D eigenvalue weighted by atomic mass is 28.4. The Bertz CT molecular complexity index is 579. The molecule has 0 fully saturated rings. The lowest BCUT2D eigenvalue weighted by Crippen LogP contribution is -2.46. The zero-order chi connectivity index (χ0) is 18.4. The topological polar surface area (TPSA) is 44.8 Å². The number of hydrogen-bond donors (Lipinski definition) is 0. The van der Waals surface area contributed by atoms with Crippen molar-refractivity contribution in [3.8, 4) is 0 Å². The maximum absolute atomic E-state index is 12.5. The highest BCUT2D eigenvalue weighted by Crippen LogP contribution is 2.34. The SMILES string of the molecule is COC(=O)[C@@H]1[C@H]([C@@H](C)OCc2ccccc2)CC=C[C@@H]1O[Si](C)(C)C. The molecule has 25 heavy (non-hydrogen) atoms. The van der Waals surface area contributed by atoms with Crippen LogP contribution in [0.2, 0.25) is 19.6 Å². The van der Waals surface area contributed by atoms with Gasteiger partial charge in [-0.25, -0.2) is 0 Å². The highest BCUT2D eigenvalue weighted by molar-refractivity contribution is 6.69. The van der Waals surface area contributed by atoms with Crippen LogP contribution in [0.5, 0.6) is 0 Å². The first kappa shape index (κ1) is 19.9. The van der Waals surface area contributed by atoms with Crippen LogP contribution in [0.25, 0.3) is 0 Å². The average molecular weight is 363 g/mol. The molecule has 0 heterocycles. The van der Waals surface area contributed by atoms with E-state index in [4.69, 9.17) is 13.9 Å². The number of esters is 1. The van der Waals surface area contributed by atoms with Crippen molar-refractivity contribution in [2.75, 3.05) is 7.11 Å². The molecule has 138 valence electrons. The quantitative estimate of drug-likeness (QED) is 0.415. The van der Waals surface area contributed by atoms with Gasteiger partial charge < -0.3 is 13.9 Å². The number of carbonyl (C=O) groups is 1. The van der Waals surface area contributed by atoms with Crippen molar-refractivity contribution < 1.29 is 18.7 Å². The summed E-state index contributed by atoms with van der Waals surface area (Å²) in [5, 5.41) is 0. The molecule has 1 aliphatic rings. The van der Waals surface area contributed by atoms with E-state index in [1.165, 1.54) is 7.11 Å². The lowest BCUT2D eigenvalue weighted by Gasteiger charge is -2.38. The predicted molar refractivity (Wildman–Crippen MR) is 102 cm³/mol. The first-order valence-electron chi connectivity index (χ1n) is 8.89. The van der Waals surface area contributed by atoms with Gasteiger partial charge in [-0.3, -0.25) is 4.79 Å². The summed E-state index contributed by atoms with van der Waals surface area (Å²) in [5.74, 6) is -0.497. The first-order chi connectivity index (χ1) is 11.8. The highest BCUT2D eigenvalue weighted by Gasteiger charge is 2.42. The summed E-state index contributed by atoms with van der Waals surface area (Å²) >= 11 is 0. The fourth-order valence-corrected chi connectivity index (χ4v) is 4.30. The van der Waals surface area contributed by atoms with E-state index in [9.17, 15) is 4.79 Å². The molecule has 0 spiro atoms. The second-order valence-electron chi connectivity index (χ2n) is 7.57. The lowest BCUT2D eigenvalue weighted by atomic mass is 9.78. The van der Waals surface area contributed by atoms with E-state index in [1.807, 2.05) is 43.3 Å². The zero-order valence-electron chi connectivity index (χ0n) is 15.9. The van der Waals surface area contributed by atoms with E-state index in [1.54, 1.807) is 0 Å². The third-order valence-electron chi connectivity index (χ3n) is 4.47. The second kappa shape index (κ2) is 8.78. The summed E-state index contributed by atoms with van der Waals surface area (Å²) in [5.41, 5.74) is 1.13. The Balaban J connectivity index is 2.10. The lowest BCUT2D eigenvalue weighted by molar-refractivity contribution is -0.154. The first-order valence-corrected chi connectivity index (χ1v) is 12.3. The minimum atomic E-state index is -1.78. The third-order valence-corrected chi connectivity index (χ3v) is 5.45. The average Bonchev–Trinajstić information content (AvgIpc) is 2.58. The van der Waals surface area contributed by atoms with E-state index in [0.717, 1.165) is 12.0 Å². The zero-order valence-corrected chi connectivity index (χ0v) is 16.9. The Morgan fingerprint density at radius 1 is 1.24 bits per heavy atom. The molecule has 4 nitrogen and oxygen atoms in total. The van der Waals surface area contributed by atoms with Crippen LogP contribution in [0.1, 0.15) is 18.9 Å². The van der Waals surface area contributed by atoms with Crippen LogP contribution < -0.4 is 0 Å². The van der Waals surface area contributed by atoms with Gasteiger partial charge in [0.2, 0.25) is 0 Å². The van der Waals surface area contributed by atoms with Gasteiger partial charge in [0.15, 0.2) is 8.32 Å². The fraction of sp³-hybridized carbons (Fsp3) is 0.550. The smallest absolute Gasteiger partial charge is 0.311 e. The molecule has 0 saturated heterocycles. The van der Waals surface area contributed by atoms with Crippen molar-refractivity contribution in [1.29, 1.82) is 0 Å². The number of benzene rings is 1. The van der Waals surface area contributed by atoms with E-state index in [2.05, 4.69) is 25.7 Å². The van der Waals surface area contributed by atoms with Crippen molar-refractivity contribution in [3.05, 3.63) is 48.0 Å². The van der Waals surface area contributed by atoms with Gasteiger partial charge in [0, 0.05) is 5.92 Å². The Kier molecular flexibility index (Phi) is 6.99. The summed E-state index contributed by atoms with van der Waals surface area (Å²) in [6, 6.07) is 10.1. The van der Waals surface area contributed by atoms with Gasteiger partial charge in [-0.05, 0) is 38.5 Å². The number of allylic oxidation sites excluding steroid dienone is 1. The molecule has 0 N–H and O–H groups in total. The van der Waals surface area contributed by atoms with E-state index >= 15 is 0 Å². The Morgan fingerprint density at radius 2 is 1.92 bits per heavy atom. The van der Waals surface area contributed by atoms with Crippen LogP contribution in [-0.2, 0) is 25.3 Å². The number of methoxy groups -OCH3 is 1. The Labute approximate surface area is 152 Å². The standard InChI is InChI=1S/C20H30O4Si/c1-15(23-14-16-10-7-6-8-11-16)17-12-9-13-18(24-25(3,4)5)19(17)20(21)22-2/h6-11,13,15,17-19H,12,14H2,1-5H3/t15-,17+,18+,19-/m1/s1. The minimum Gasteiger partial charge on any atom is -0.469 e. The molecule has 1 aliphatic carbocycles. The molecular formula is C20H30O4Si. The van der Waals surface area contributed by atoms with Crippen LogP contribution in [0.3, 0.4) is 0 Å². The maximum Gasteiger partial charge on any atom is 0.311 e. The molecule has 4 atom stereocenters. The van der Waals surface area contributed by atoms with Gasteiger partial charge in [-0.15, -0.1) is 0 Å². The summed E-state index contributed by atoms with van der Waals surface area (Å²) in [7, 11) is -0.337. The number of hydrogen-bond acceptors (Lipinski definition) is 4. The Morgan fingerprint density at radius 3 is 2.52 bits per heavy atom. The van der Waals surface area contributed by atoms with Gasteiger partial charge in [-0.1, -0.05) is 42.5 Å². The minimum absolute atomic E-state index is 0.0440. The molecule has 0 bridgehead atoms. The predicted octanol–water partition coefficient (Wildman–Crippen LogP) is 4.18. The van der Waals surface area contributed by atoms with Gasteiger partial charge in [0.25, 0.3) is 0 Å². The molecule has 1 aromatic carbocycles. The molecule has 2 rings (SSSR count). The van der Waals surface area contributed by atoms with Crippen LogP contribution in [0, 0.1) is 11.8 Å². The van der Waals surface area contributed by atoms with Crippen LogP contribution in [0.4, 0.5) is 0 Å². The van der Waals surface area contributed by atoms with E-state index in [0.29, 0.717) is 6.61 Å². The molecule has 5 heteroatoms. The second-order valence-corrected chi connectivity index (χ2v) is 12.0. The third kappa shape index (κ3) is 5.80. The van der Waals surface area contributed by atoms with Gasteiger partial charge in [0.1, 0.15) is 0 Å². The molecular weight excluding hydrogens is 332 g/mol. The van der Waals surface area contributed by atoms with Crippen LogP contribution in [0.15, 0.2) is 42.5 Å². The maximum atomic E-state index is 12.5. The van der Waals surface area contributed by atoms with Crippen molar-refractivity contribution in [1.82, 2.24) is 0 Å². The number of carbonyl (C=O) groups excluding carboxylic acids is 1. The van der Waals surface area contributed by atoms with E-state index in [-0.39, 0.29) is 30.0 Å². The normalized spacial score (nSPS) is 24.8. The summed E-state index contributed by atoms with van der Waals surface area (Å²) in [6.07, 6.45) is 4.61. The number of ether oxygens (including phenoxy) is 2. The molecule has 1 aromatic rings. The summed E-state index contributed by atoms with van der Waals surface area (Å²) < 4.78 is 17.4. The number of rotatable bonds is 7.